The van der Waals surface area contributed by atoms with Gasteiger partial charge in [0.2, 0.25) is 5.43 Å². The van der Waals surface area contributed by atoms with Gasteiger partial charge >= 0.3 is 0 Å². The molecule has 140 valence electrons. The van der Waals surface area contributed by atoms with Gasteiger partial charge in [-0.15, -0.1) is 12.4 Å². The Morgan fingerprint density at radius 3 is 2.88 bits per heavy atom. The molecule has 1 aliphatic heterocycles. The van der Waals surface area contributed by atoms with Crippen molar-refractivity contribution in [2.75, 3.05) is 19.6 Å². The molecular weight excluding hydrogens is 359 g/mol. The molecule has 2 N–H and O–H groups in total. The molecule has 0 saturated carbocycles. The second kappa shape index (κ2) is 8.91. The van der Waals surface area contributed by atoms with Gasteiger partial charge in [-0.2, -0.15) is 5.10 Å². The summed E-state index contributed by atoms with van der Waals surface area (Å²) in [5.41, 5.74) is -0.0294. The van der Waals surface area contributed by atoms with Crippen LogP contribution in [0.4, 0.5) is 4.39 Å². The minimum Gasteiger partial charge on any atom is -0.351 e. The van der Waals surface area contributed by atoms with Crippen molar-refractivity contribution in [2.24, 2.45) is 5.92 Å². The maximum absolute atomic E-state index is 14.0. The van der Waals surface area contributed by atoms with Gasteiger partial charge in [0.15, 0.2) is 5.69 Å². The summed E-state index contributed by atoms with van der Waals surface area (Å²) in [4.78, 5) is 24.5. The van der Waals surface area contributed by atoms with Gasteiger partial charge in [0, 0.05) is 18.3 Å². The Morgan fingerprint density at radius 2 is 2.19 bits per heavy atom. The van der Waals surface area contributed by atoms with Crippen LogP contribution in [0.25, 0.3) is 5.69 Å². The zero-order valence-corrected chi connectivity index (χ0v) is 15.3. The van der Waals surface area contributed by atoms with Crippen LogP contribution in [0.15, 0.2) is 35.1 Å². The van der Waals surface area contributed by atoms with Crippen molar-refractivity contribution in [1.29, 1.82) is 0 Å². The second-order valence-electron chi connectivity index (χ2n) is 6.27. The average molecular weight is 381 g/mol. The monoisotopic (exact) mass is 380 g/mol. The number of nitrogens with zero attached hydrogens (tertiary/aromatic N) is 2. The summed E-state index contributed by atoms with van der Waals surface area (Å²) in [6.07, 6.45) is 1.95. The number of aryl methyl sites for hydroxylation is 1. The third-order valence-electron chi connectivity index (χ3n) is 4.40. The topological polar surface area (TPSA) is 76.0 Å². The van der Waals surface area contributed by atoms with E-state index in [2.05, 4.69) is 15.7 Å². The van der Waals surface area contributed by atoms with E-state index in [-0.39, 0.29) is 23.8 Å². The lowest BCUT2D eigenvalue weighted by atomic mass is 10.1. The van der Waals surface area contributed by atoms with E-state index in [0.29, 0.717) is 18.2 Å². The van der Waals surface area contributed by atoms with E-state index in [1.165, 1.54) is 16.8 Å². The molecule has 1 amide bonds. The van der Waals surface area contributed by atoms with Gasteiger partial charge in [-0.1, -0.05) is 12.1 Å². The number of aromatic nitrogens is 2. The molecule has 1 saturated heterocycles. The maximum atomic E-state index is 14.0. The number of nitrogens with one attached hydrogen (secondary N) is 2. The summed E-state index contributed by atoms with van der Waals surface area (Å²) in [6.45, 7) is 4.10. The van der Waals surface area contributed by atoms with Crippen LogP contribution in [-0.4, -0.2) is 35.3 Å². The molecule has 1 aromatic heterocycles. The third kappa shape index (κ3) is 4.47. The summed E-state index contributed by atoms with van der Waals surface area (Å²) in [7, 11) is 0. The molecule has 1 fully saturated rings. The van der Waals surface area contributed by atoms with Crippen LogP contribution in [0.2, 0.25) is 0 Å². The average Bonchev–Trinajstić information content (AvgIpc) is 3.09. The Morgan fingerprint density at radius 1 is 1.42 bits per heavy atom. The molecule has 2 heterocycles. The largest absolute Gasteiger partial charge is 0.351 e. The van der Waals surface area contributed by atoms with Gasteiger partial charge in [-0.05, 0) is 50.9 Å². The first-order chi connectivity index (χ1) is 12.1. The summed E-state index contributed by atoms with van der Waals surface area (Å²) >= 11 is 0. The van der Waals surface area contributed by atoms with Crippen LogP contribution in [0.5, 0.6) is 0 Å². The highest BCUT2D eigenvalue weighted by Gasteiger charge is 2.18. The Balaban J connectivity index is 0.00000243. The summed E-state index contributed by atoms with van der Waals surface area (Å²) < 4.78 is 15.3. The van der Waals surface area contributed by atoms with Crippen molar-refractivity contribution >= 4 is 18.3 Å². The summed E-state index contributed by atoms with van der Waals surface area (Å²) in [5, 5.41) is 10.1. The number of amides is 1. The molecule has 0 spiro atoms. The Labute approximate surface area is 157 Å². The molecule has 1 atom stereocenters. The normalized spacial score (nSPS) is 16.2. The maximum Gasteiger partial charge on any atom is 0.275 e. The van der Waals surface area contributed by atoms with E-state index in [0.717, 1.165) is 25.9 Å². The SMILES string of the molecule is Cc1cc(=O)c(C(=O)NCCC2CCNC2)nn1-c1ccccc1F.Cl. The van der Waals surface area contributed by atoms with Gasteiger partial charge < -0.3 is 10.6 Å². The molecular formula is C18H22ClFN4O2. The van der Waals surface area contributed by atoms with E-state index in [1.54, 1.807) is 25.1 Å². The number of halogens is 2. The lowest BCUT2D eigenvalue weighted by molar-refractivity contribution is 0.0943. The van der Waals surface area contributed by atoms with E-state index < -0.39 is 17.2 Å². The van der Waals surface area contributed by atoms with Crippen molar-refractivity contribution in [3.63, 3.8) is 0 Å². The number of para-hydroxylation sites is 1. The van der Waals surface area contributed by atoms with Gasteiger partial charge in [0.25, 0.3) is 5.91 Å². The fraction of sp³-hybridized carbons (Fsp3) is 0.389. The first-order valence-electron chi connectivity index (χ1n) is 8.41. The minimum atomic E-state index is -0.527. The number of rotatable bonds is 5. The predicted molar refractivity (Wildman–Crippen MR) is 99.7 cm³/mol. The van der Waals surface area contributed by atoms with Crippen LogP contribution < -0.4 is 16.1 Å². The van der Waals surface area contributed by atoms with Crippen molar-refractivity contribution in [2.45, 2.75) is 19.8 Å². The molecule has 2 aromatic rings. The van der Waals surface area contributed by atoms with Gasteiger partial charge in [0.1, 0.15) is 11.5 Å². The molecule has 0 aliphatic carbocycles. The quantitative estimate of drug-likeness (QED) is 0.829. The molecule has 6 nitrogen and oxygen atoms in total. The van der Waals surface area contributed by atoms with E-state index in [4.69, 9.17) is 0 Å². The van der Waals surface area contributed by atoms with Crippen LogP contribution in [-0.2, 0) is 0 Å². The van der Waals surface area contributed by atoms with Crippen molar-refractivity contribution in [3.05, 3.63) is 57.8 Å². The molecule has 0 bridgehead atoms. The minimum absolute atomic E-state index is 0. The number of carbonyl (C=O) groups is 1. The smallest absolute Gasteiger partial charge is 0.275 e. The van der Waals surface area contributed by atoms with Crippen LogP contribution in [0, 0.1) is 18.7 Å². The molecule has 0 radical (unpaired) electrons. The molecule has 8 heteroatoms. The van der Waals surface area contributed by atoms with Crippen LogP contribution in [0.1, 0.15) is 29.0 Å². The molecule has 26 heavy (non-hydrogen) atoms. The molecule has 3 rings (SSSR count). The Hall–Kier alpha value is -2.25. The van der Waals surface area contributed by atoms with Crippen molar-refractivity contribution in [3.8, 4) is 5.69 Å². The summed E-state index contributed by atoms with van der Waals surface area (Å²) in [6, 6.07) is 7.41. The highest BCUT2D eigenvalue weighted by atomic mass is 35.5. The molecule has 1 aromatic carbocycles. The predicted octanol–water partition coefficient (Wildman–Crippen LogP) is 1.83. The number of carbonyl (C=O) groups excluding carboxylic acids is 1. The molecule has 1 aliphatic rings. The van der Waals surface area contributed by atoms with Crippen LogP contribution in [0.3, 0.4) is 0 Å². The zero-order valence-electron chi connectivity index (χ0n) is 14.5. The zero-order chi connectivity index (χ0) is 17.8. The molecule has 1 unspecified atom stereocenters. The summed E-state index contributed by atoms with van der Waals surface area (Å²) in [5.74, 6) is -0.454. The van der Waals surface area contributed by atoms with Gasteiger partial charge in [-0.3, -0.25) is 9.59 Å². The van der Waals surface area contributed by atoms with Crippen molar-refractivity contribution < 1.29 is 9.18 Å². The third-order valence-corrected chi connectivity index (χ3v) is 4.40. The fourth-order valence-corrected chi connectivity index (χ4v) is 3.01. The Bertz CT molecular complexity index is 834. The first kappa shape index (κ1) is 20.1. The fourth-order valence-electron chi connectivity index (χ4n) is 3.01. The lowest BCUT2D eigenvalue weighted by Gasteiger charge is -2.12. The standard InChI is InChI=1S/C18H21FN4O2.ClH/c1-12-10-16(24)17(18(25)21-9-7-13-6-8-20-11-13)22-23(12)15-5-3-2-4-14(15)19;/h2-5,10,13,20H,6-9,11H2,1H3,(H,21,25);1H. The first-order valence-corrected chi connectivity index (χ1v) is 8.41. The highest BCUT2D eigenvalue weighted by molar-refractivity contribution is 5.92. The second-order valence-corrected chi connectivity index (χ2v) is 6.27. The van der Waals surface area contributed by atoms with E-state index in [1.807, 2.05) is 0 Å². The number of hydrogen-bond acceptors (Lipinski definition) is 4. The lowest BCUT2D eigenvalue weighted by Crippen LogP contribution is -2.33. The number of hydrogen-bond donors (Lipinski definition) is 2. The van der Waals surface area contributed by atoms with Gasteiger partial charge in [0.05, 0.1) is 0 Å². The number of benzene rings is 1. The van der Waals surface area contributed by atoms with E-state index >= 15 is 0 Å². The highest BCUT2D eigenvalue weighted by Crippen LogP contribution is 2.13. The van der Waals surface area contributed by atoms with Crippen molar-refractivity contribution in [1.82, 2.24) is 20.4 Å². The van der Waals surface area contributed by atoms with Gasteiger partial charge in [-0.25, -0.2) is 9.07 Å². The van der Waals surface area contributed by atoms with Crippen LogP contribution >= 0.6 is 12.4 Å². The van der Waals surface area contributed by atoms with E-state index in [9.17, 15) is 14.0 Å². The Kier molecular flexibility index (Phi) is 6.88.